The van der Waals surface area contributed by atoms with E-state index in [1.54, 1.807) is 17.0 Å². The van der Waals surface area contributed by atoms with E-state index in [9.17, 15) is 28.3 Å². The van der Waals surface area contributed by atoms with E-state index < -0.39 is 28.4 Å². The van der Waals surface area contributed by atoms with E-state index >= 15 is 0 Å². The van der Waals surface area contributed by atoms with Crippen LogP contribution in [0.1, 0.15) is 17.5 Å². The third-order valence-electron chi connectivity index (χ3n) is 7.20. The van der Waals surface area contributed by atoms with Crippen molar-refractivity contribution >= 4 is 58.1 Å². The number of piperazine rings is 1. The van der Waals surface area contributed by atoms with Crippen molar-refractivity contribution in [3.05, 3.63) is 86.8 Å². The Kier molecular flexibility index (Phi) is 9.47. The van der Waals surface area contributed by atoms with E-state index in [1.807, 2.05) is 4.90 Å². The number of imide groups is 1. The summed E-state index contributed by atoms with van der Waals surface area (Å²) in [6, 6.07) is 7.83. The smallest absolute Gasteiger partial charge is 0.293 e. The first-order chi connectivity index (χ1) is 20.5. The Morgan fingerprint density at radius 3 is 2.51 bits per heavy atom. The number of hydrogen-bond donors (Lipinski definition) is 1. The van der Waals surface area contributed by atoms with Crippen LogP contribution in [0.5, 0.6) is 0 Å². The lowest BCUT2D eigenvalue weighted by atomic mass is 9.92. The first-order valence-corrected chi connectivity index (χ1v) is 14.8. The maximum Gasteiger partial charge on any atom is 0.293 e. The second kappa shape index (κ2) is 13.1. The number of aliphatic hydroxyl groups is 1. The number of thioether (sulfide) groups is 1. The molecule has 2 saturated heterocycles. The molecule has 1 aromatic heterocycles. The standard InChI is InChI=1S/C28H26Cl2F2N6O4S/c29-19-2-1-18(22(30)12-19)11-24-26(40)38(27(41)43-24)6-5-25(39)36-9-7-35(8-10-36)14-28(42,15-37-17-33-16-34-37)21-4-3-20(31)13-23(21)32/h1-4,11-13,16-17,42H,5-10,14-15H2. The molecule has 3 aromatic rings. The third kappa shape index (κ3) is 7.24. The highest BCUT2D eigenvalue weighted by Gasteiger charge is 2.38. The molecule has 0 saturated carbocycles. The normalized spacial score (nSPS) is 18.5. The molecular weight excluding hydrogens is 625 g/mol. The van der Waals surface area contributed by atoms with Gasteiger partial charge in [-0.2, -0.15) is 5.10 Å². The Morgan fingerprint density at radius 1 is 1.07 bits per heavy atom. The summed E-state index contributed by atoms with van der Waals surface area (Å²) in [6.07, 6.45) is 4.15. The minimum Gasteiger partial charge on any atom is -0.382 e. The van der Waals surface area contributed by atoms with Gasteiger partial charge in [0.15, 0.2) is 0 Å². The van der Waals surface area contributed by atoms with Gasteiger partial charge in [-0.3, -0.25) is 24.2 Å². The molecule has 0 bridgehead atoms. The second-order valence-corrected chi connectivity index (χ2v) is 12.0. The molecule has 226 valence electrons. The quantitative estimate of drug-likeness (QED) is 0.346. The van der Waals surface area contributed by atoms with Crippen LogP contribution >= 0.6 is 35.0 Å². The van der Waals surface area contributed by atoms with Gasteiger partial charge in [0.2, 0.25) is 5.91 Å². The summed E-state index contributed by atoms with van der Waals surface area (Å²) in [5.74, 6) is -2.37. The monoisotopic (exact) mass is 650 g/mol. The molecule has 3 heterocycles. The van der Waals surface area contributed by atoms with Crippen molar-refractivity contribution in [2.24, 2.45) is 0 Å². The fourth-order valence-corrected chi connectivity index (χ4v) is 6.33. The summed E-state index contributed by atoms with van der Waals surface area (Å²) in [5.41, 5.74) is -1.29. The first kappa shape index (κ1) is 31.1. The molecule has 2 aliphatic rings. The SMILES string of the molecule is O=C(CCN1C(=O)SC(=Cc2ccc(Cl)cc2Cl)C1=O)N1CCN(CC(O)(Cn2cncn2)c2ccc(F)cc2F)CC1. The minimum atomic E-state index is -1.76. The summed E-state index contributed by atoms with van der Waals surface area (Å²) in [7, 11) is 0. The van der Waals surface area contributed by atoms with Crippen LogP contribution in [0, 0.1) is 11.6 Å². The van der Waals surface area contributed by atoms with E-state index in [0.717, 1.165) is 28.8 Å². The Bertz CT molecular complexity index is 1570. The van der Waals surface area contributed by atoms with Gasteiger partial charge in [-0.05, 0) is 41.6 Å². The predicted molar refractivity (Wildman–Crippen MR) is 157 cm³/mol. The molecule has 1 unspecified atom stereocenters. The molecule has 1 N–H and O–H groups in total. The van der Waals surface area contributed by atoms with E-state index in [-0.39, 0.29) is 42.4 Å². The van der Waals surface area contributed by atoms with Crippen LogP contribution in [0.4, 0.5) is 13.6 Å². The molecule has 2 aromatic carbocycles. The lowest BCUT2D eigenvalue weighted by Gasteiger charge is -2.39. The molecule has 3 amide bonds. The number of carbonyl (C=O) groups is 3. The fraction of sp³-hybridized carbons (Fsp3) is 0.321. The topological polar surface area (TPSA) is 112 Å². The summed E-state index contributed by atoms with van der Waals surface area (Å²) in [4.78, 5) is 47.0. The fourth-order valence-electron chi connectivity index (χ4n) is 5.01. The highest BCUT2D eigenvalue weighted by Crippen LogP contribution is 2.34. The number of benzene rings is 2. The molecular formula is C28H26Cl2F2N6O4S. The largest absolute Gasteiger partial charge is 0.382 e. The molecule has 0 spiro atoms. The number of nitrogens with zero attached hydrogens (tertiary/aromatic N) is 6. The number of carbonyl (C=O) groups excluding carboxylic acids is 3. The molecule has 0 aliphatic carbocycles. The van der Waals surface area contributed by atoms with Gasteiger partial charge in [0.25, 0.3) is 11.1 Å². The maximum atomic E-state index is 14.7. The minimum absolute atomic E-state index is 0.00179. The van der Waals surface area contributed by atoms with Gasteiger partial charge in [-0.1, -0.05) is 35.3 Å². The third-order valence-corrected chi connectivity index (χ3v) is 8.67. The lowest BCUT2D eigenvalue weighted by molar-refractivity contribution is -0.134. The Hall–Kier alpha value is -3.36. The Labute approximate surface area is 259 Å². The number of β-amino-alcohol motifs (C(OH)–C–C–N with tert-alkyl or cyclic N) is 1. The van der Waals surface area contributed by atoms with Crippen LogP contribution in [-0.4, -0.2) is 90.9 Å². The predicted octanol–water partition coefficient (Wildman–Crippen LogP) is 4.02. The van der Waals surface area contributed by atoms with Crippen molar-refractivity contribution in [3.63, 3.8) is 0 Å². The van der Waals surface area contributed by atoms with Crippen molar-refractivity contribution in [3.8, 4) is 0 Å². The van der Waals surface area contributed by atoms with Crippen molar-refractivity contribution in [1.29, 1.82) is 0 Å². The number of hydrogen-bond acceptors (Lipinski definition) is 8. The molecule has 10 nitrogen and oxygen atoms in total. The zero-order valence-electron chi connectivity index (χ0n) is 22.6. The van der Waals surface area contributed by atoms with Crippen molar-refractivity contribution in [1.82, 2.24) is 29.5 Å². The van der Waals surface area contributed by atoms with Crippen molar-refractivity contribution in [2.75, 3.05) is 39.3 Å². The van der Waals surface area contributed by atoms with Crippen LogP contribution in [0.3, 0.4) is 0 Å². The number of halogens is 4. The van der Waals surface area contributed by atoms with Crippen LogP contribution in [-0.2, 0) is 21.7 Å². The van der Waals surface area contributed by atoms with E-state index in [2.05, 4.69) is 10.1 Å². The zero-order valence-corrected chi connectivity index (χ0v) is 25.0. The van der Waals surface area contributed by atoms with Crippen LogP contribution < -0.4 is 0 Å². The second-order valence-electron chi connectivity index (χ2n) is 10.2. The molecule has 0 radical (unpaired) electrons. The van der Waals surface area contributed by atoms with Gasteiger partial charge in [-0.25, -0.2) is 18.4 Å². The van der Waals surface area contributed by atoms with Gasteiger partial charge < -0.3 is 10.0 Å². The maximum absolute atomic E-state index is 14.7. The molecule has 43 heavy (non-hydrogen) atoms. The summed E-state index contributed by atoms with van der Waals surface area (Å²) in [6.45, 7) is 1.20. The van der Waals surface area contributed by atoms with Crippen molar-refractivity contribution in [2.45, 2.75) is 18.6 Å². The highest BCUT2D eigenvalue weighted by molar-refractivity contribution is 8.18. The van der Waals surface area contributed by atoms with E-state index in [1.165, 1.54) is 35.5 Å². The highest BCUT2D eigenvalue weighted by atomic mass is 35.5. The molecule has 5 rings (SSSR count). The summed E-state index contributed by atoms with van der Waals surface area (Å²) >= 11 is 12.9. The van der Waals surface area contributed by atoms with Gasteiger partial charge in [0.05, 0.1) is 11.4 Å². The van der Waals surface area contributed by atoms with Crippen LogP contribution in [0.25, 0.3) is 6.08 Å². The number of rotatable bonds is 9. The summed E-state index contributed by atoms with van der Waals surface area (Å²) in [5, 5.41) is 15.9. The Morgan fingerprint density at radius 2 is 1.84 bits per heavy atom. The van der Waals surface area contributed by atoms with E-state index in [0.29, 0.717) is 41.8 Å². The summed E-state index contributed by atoms with van der Waals surface area (Å²) < 4.78 is 29.7. The number of amides is 3. The van der Waals surface area contributed by atoms with Crippen LogP contribution in [0.15, 0.2) is 54.0 Å². The van der Waals surface area contributed by atoms with Gasteiger partial charge in [0.1, 0.15) is 29.9 Å². The Balaban J connectivity index is 1.17. The molecule has 2 aliphatic heterocycles. The van der Waals surface area contributed by atoms with E-state index in [4.69, 9.17) is 23.2 Å². The van der Waals surface area contributed by atoms with Gasteiger partial charge in [0, 0.05) is 67.4 Å². The van der Waals surface area contributed by atoms with Crippen molar-refractivity contribution < 1.29 is 28.3 Å². The van der Waals surface area contributed by atoms with Gasteiger partial charge >= 0.3 is 0 Å². The average molecular weight is 652 g/mol. The number of aromatic nitrogens is 3. The first-order valence-electron chi connectivity index (χ1n) is 13.2. The van der Waals surface area contributed by atoms with Gasteiger partial charge in [-0.15, -0.1) is 0 Å². The molecule has 1 atom stereocenters. The zero-order chi connectivity index (χ0) is 30.7. The molecule has 2 fully saturated rings. The lowest BCUT2D eigenvalue weighted by Crippen LogP contribution is -2.53. The average Bonchev–Trinajstić information content (AvgIpc) is 3.55. The molecule has 15 heteroatoms. The van der Waals surface area contributed by atoms with Crippen LogP contribution in [0.2, 0.25) is 10.0 Å².